The molecule has 6 heteroatoms. The second-order valence-electron chi connectivity index (χ2n) is 8.82. The minimum absolute atomic E-state index is 0.548. The van der Waals surface area contributed by atoms with E-state index in [1.165, 1.54) is 4.88 Å². The number of rotatable bonds is 9. The van der Waals surface area contributed by atoms with Gasteiger partial charge in [-0.25, -0.2) is 4.98 Å². The molecule has 3 heterocycles. The molecule has 3 aromatic heterocycles. The van der Waals surface area contributed by atoms with Gasteiger partial charge in [-0.1, -0.05) is 24.7 Å². The molecule has 3 N–H and O–H groups in total. The molecule has 5 nitrogen and oxygen atoms in total. The number of nitrogens with one attached hydrogen (secondary N) is 1. The second-order valence-corrected chi connectivity index (χ2v) is 10.1. The number of aryl methyl sites for hydroxylation is 1. The highest BCUT2D eigenvalue weighted by atomic mass is 32.1. The lowest BCUT2D eigenvalue weighted by Crippen LogP contribution is -2.14. The van der Waals surface area contributed by atoms with E-state index in [1.807, 2.05) is 59.4 Å². The van der Waals surface area contributed by atoms with Crippen molar-refractivity contribution in [2.75, 3.05) is 20.6 Å². The number of nitrogens with zero attached hydrogens (tertiary/aromatic N) is 3. The zero-order valence-electron chi connectivity index (χ0n) is 22.1. The third-order valence-electron chi connectivity index (χ3n) is 5.62. The van der Waals surface area contributed by atoms with Crippen LogP contribution in [0.3, 0.4) is 0 Å². The zero-order chi connectivity index (χ0) is 26.2. The first-order valence-corrected chi connectivity index (χ1v) is 12.7. The van der Waals surface area contributed by atoms with Crippen LogP contribution in [-0.4, -0.2) is 40.5 Å². The van der Waals surface area contributed by atoms with Gasteiger partial charge in [-0.2, -0.15) is 0 Å². The summed E-state index contributed by atoms with van der Waals surface area (Å²) in [5, 5.41) is 0. The molecule has 0 atom stereocenters. The van der Waals surface area contributed by atoms with E-state index in [9.17, 15) is 0 Å². The van der Waals surface area contributed by atoms with E-state index in [0.29, 0.717) is 12.1 Å². The summed E-state index contributed by atoms with van der Waals surface area (Å²) in [7, 11) is 4.07. The van der Waals surface area contributed by atoms with Crippen LogP contribution in [0, 0.1) is 18.8 Å². The highest BCUT2D eigenvalue weighted by Gasteiger charge is 2.14. The van der Waals surface area contributed by atoms with E-state index in [0.717, 1.165) is 56.1 Å². The van der Waals surface area contributed by atoms with Gasteiger partial charge in [-0.3, -0.25) is 4.98 Å². The molecular formula is C30H35N5S. The van der Waals surface area contributed by atoms with E-state index < -0.39 is 0 Å². The van der Waals surface area contributed by atoms with Crippen LogP contribution < -0.4 is 5.73 Å². The SMILES string of the molecule is C=C(/C=C(Cc1nc2c(-c3ccc(C)s3)cncc2[nH]1)\C(N)=C/C)C(/C=C(\C#CC)CN(C)C)=C/C. The van der Waals surface area contributed by atoms with Gasteiger partial charge >= 0.3 is 0 Å². The van der Waals surface area contributed by atoms with Crippen LogP contribution in [0.25, 0.3) is 21.5 Å². The number of aromatic nitrogens is 3. The summed E-state index contributed by atoms with van der Waals surface area (Å²) in [5.74, 6) is 7.05. The van der Waals surface area contributed by atoms with Crippen molar-refractivity contribution in [3.8, 4) is 22.3 Å². The van der Waals surface area contributed by atoms with Crippen molar-refractivity contribution in [1.29, 1.82) is 0 Å². The zero-order valence-corrected chi connectivity index (χ0v) is 22.9. The molecule has 0 bridgehead atoms. The topological polar surface area (TPSA) is 70.8 Å². The third-order valence-corrected chi connectivity index (χ3v) is 6.65. The van der Waals surface area contributed by atoms with Gasteiger partial charge in [0.15, 0.2) is 0 Å². The van der Waals surface area contributed by atoms with Crippen LogP contribution in [0.15, 0.2) is 83.4 Å². The van der Waals surface area contributed by atoms with Crippen molar-refractivity contribution in [2.45, 2.75) is 34.1 Å². The highest BCUT2D eigenvalue weighted by molar-refractivity contribution is 7.15. The minimum Gasteiger partial charge on any atom is -0.399 e. The predicted molar refractivity (Wildman–Crippen MR) is 155 cm³/mol. The molecule has 0 fully saturated rings. The summed E-state index contributed by atoms with van der Waals surface area (Å²) < 4.78 is 0. The lowest BCUT2D eigenvalue weighted by Gasteiger charge is -2.12. The Kier molecular flexibility index (Phi) is 9.24. The number of hydrogen-bond donors (Lipinski definition) is 2. The monoisotopic (exact) mass is 497 g/mol. The quantitative estimate of drug-likeness (QED) is 0.267. The lowest BCUT2D eigenvalue weighted by atomic mass is 9.98. The molecule has 36 heavy (non-hydrogen) atoms. The van der Waals surface area contributed by atoms with E-state index >= 15 is 0 Å². The maximum absolute atomic E-state index is 6.42. The Morgan fingerprint density at radius 1 is 1.19 bits per heavy atom. The predicted octanol–water partition coefficient (Wildman–Crippen LogP) is 6.34. The molecule has 3 aromatic rings. The third kappa shape index (κ3) is 6.72. The van der Waals surface area contributed by atoms with Gasteiger partial charge in [0.1, 0.15) is 11.3 Å². The molecule has 0 amide bonds. The molecule has 0 saturated carbocycles. The maximum Gasteiger partial charge on any atom is 0.111 e. The highest BCUT2D eigenvalue weighted by Crippen LogP contribution is 2.32. The number of H-pyrrole nitrogens is 1. The number of imidazole rings is 1. The van der Waals surface area contributed by atoms with Crippen molar-refractivity contribution in [1.82, 2.24) is 19.9 Å². The molecule has 0 saturated heterocycles. The Hall–Kier alpha value is -3.66. The molecule has 3 rings (SSSR count). The van der Waals surface area contributed by atoms with Gasteiger partial charge in [-0.05, 0) is 82.8 Å². The number of pyridine rings is 1. The summed E-state index contributed by atoms with van der Waals surface area (Å²) in [5.41, 5.74) is 13.9. The maximum atomic E-state index is 6.42. The van der Waals surface area contributed by atoms with Gasteiger partial charge < -0.3 is 15.6 Å². The van der Waals surface area contributed by atoms with Crippen molar-refractivity contribution in [3.05, 3.63) is 94.1 Å². The van der Waals surface area contributed by atoms with Crippen LogP contribution >= 0.6 is 11.3 Å². The van der Waals surface area contributed by atoms with E-state index in [1.54, 1.807) is 11.3 Å². The molecule has 0 spiro atoms. The minimum atomic E-state index is 0.548. The number of likely N-dealkylation sites (N-methyl/N-ethyl adjacent to an activating group) is 1. The first-order valence-electron chi connectivity index (χ1n) is 11.9. The van der Waals surface area contributed by atoms with Gasteiger partial charge in [0.05, 0.1) is 11.7 Å². The number of allylic oxidation sites excluding steroid dienone is 7. The van der Waals surface area contributed by atoms with Crippen molar-refractivity contribution in [3.63, 3.8) is 0 Å². The number of nitrogens with two attached hydrogens (primary N) is 1. The molecule has 0 unspecified atom stereocenters. The second kappa shape index (κ2) is 12.3. The molecule has 0 aliphatic rings. The summed E-state index contributed by atoms with van der Waals surface area (Å²) in [6, 6.07) is 4.24. The van der Waals surface area contributed by atoms with Crippen LogP contribution in [0.4, 0.5) is 0 Å². The fraction of sp³-hybridized carbons (Fsp3) is 0.267. The molecule has 0 aromatic carbocycles. The average Bonchev–Trinajstić information content (AvgIpc) is 3.46. The van der Waals surface area contributed by atoms with Gasteiger partial charge in [0.2, 0.25) is 0 Å². The van der Waals surface area contributed by atoms with Gasteiger partial charge in [0, 0.05) is 45.8 Å². The smallest absolute Gasteiger partial charge is 0.111 e. The Bertz CT molecular complexity index is 1430. The van der Waals surface area contributed by atoms with Gasteiger partial charge in [-0.15, -0.1) is 17.3 Å². The Labute approximate surface area is 218 Å². The van der Waals surface area contributed by atoms with Crippen molar-refractivity contribution < 1.29 is 0 Å². The standard InChI is InChI=1S/C30H35N5S/c1-8-11-22(19-35(6)7)15-23(9-2)20(4)14-24(26(31)10-3)16-29-33-27-18-32-17-25(30(27)34-29)28-13-12-21(5)36-28/h9-10,12-15,17-18H,4,16,19,31H2,1-3,5-7H3,(H,33,34)/b22-15+,23-9+,24-14-,26-10+. The first kappa shape index (κ1) is 26.9. The van der Waals surface area contributed by atoms with E-state index in [2.05, 4.69) is 64.5 Å². The Balaban J connectivity index is 1.96. The number of thiophene rings is 1. The number of fused-ring (bicyclic) bond motifs is 1. The number of aromatic amines is 1. The van der Waals surface area contributed by atoms with Crippen LogP contribution in [0.2, 0.25) is 0 Å². The fourth-order valence-electron chi connectivity index (χ4n) is 3.89. The molecule has 0 aliphatic carbocycles. The summed E-state index contributed by atoms with van der Waals surface area (Å²) in [6.07, 6.45) is 12.4. The van der Waals surface area contributed by atoms with Crippen LogP contribution in [0.1, 0.15) is 31.5 Å². The summed E-state index contributed by atoms with van der Waals surface area (Å²) in [4.78, 5) is 17.3. The fourth-order valence-corrected chi connectivity index (χ4v) is 4.77. The van der Waals surface area contributed by atoms with Crippen LogP contribution in [0.5, 0.6) is 0 Å². The van der Waals surface area contributed by atoms with E-state index in [4.69, 9.17) is 10.7 Å². The van der Waals surface area contributed by atoms with Crippen molar-refractivity contribution >= 4 is 22.4 Å². The molecular weight excluding hydrogens is 462 g/mol. The van der Waals surface area contributed by atoms with Crippen LogP contribution in [-0.2, 0) is 6.42 Å². The summed E-state index contributed by atoms with van der Waals surface area (Å²) in [6.45, 7) is 13.0. The van der Waals surface area contributed by atoms with Gasteiger partial charge in [0.25, 0.3) is 0 Å². The largest absolute Gasteiger partial charge is 0.399 e. The Morgan fingerprint density at radius 2 is 1.97 bits per heavy atom. The normalized spacial score (nSPS) is 13.3. The molecule has 186 valence electrons. The average molecular weight is 498 g/mol. The summed E-state index contributed by atoms with van der Waals surface area (Å²) >= 11 is 1.74. The first-order chi connectivity index (χ1) is 17.2. The van der Waals surface area contributed by atoms with E-state index in [-0.39, 0.29) is 0 Å². The molecule has 0 aliphatic heterocycles. The van der Waals surface area contributed by atoms with Crippen molar-refractivity contribution in [2.24, 2.45) is 5.73 Å². The Morgan fingerprint density at radius 3 is 2.58 bits per heavy atom. The molecule has 0 radical (unpaired) electrons. The lowest BCUT2D eigenvalue weighted by molar-refractivity contribution is 0.450. The number of hydrogen-bond acceptors (Lipinski definition) is 5.